The minimum atomic E-state index is -4.92. The maximum Gasteiger partial charge on any atom is 0.452 e. The first kappa shape index (κ1) is 11.9. The third-order valence-electron chi connectivity index (χ3n) is 1.44. The zero-order valence-corrected chi connectivity index (χ0v) is 7.11. The predicted molar refractivity (Wildman–Crippen MR) is 38.5 cm³/mol. The summed E-state index contributed by atoms with van der Waals surface area (Å²) in [5.41, 5.74) is 0. The summed E-state index contributed by atoms with van der Waals surface area (Å²) >= 11 is 0. The van der Waals surface area contributed by atoms with Crippen LogP contribution in [-0.2, 0) is 9.59 Å². The maximum absolute atomic E-state index is 11.9. The molecule has 0 spiro atoms. The Morgan fingerprint density at radius 3 is 2.08 bits per heavy atom. The van der Waals surface area contributed by atoms with Crippen LogP contribution in [0.15, 0.2) is 0 Å². The highest BCUT2D eigenvalue weighted by molar-refractivity contribution is 5.90. The summed E-state index contributed by atoms with van der Waals surface area (Å²) < 4.78 is 35.6. The number of hydrogen-bond donors (Lipinski definition) is 1. The summed E-state index contributed by atoms with van der Waals surface area (Å²) in [5, 5.41) is 1.71. The van der Waals surface area contributed by atoms with Crippen molar-refractivity contribution in [3.8, 4) is 0 Å². The summed E-state index contributed by atoms with van der Waals surface area (Å²) in [6.07, 6.45) is -3.84. The highest BCUT2D eigenvalue weighted by Gasteiger charge is 2.44. The average Bonchev–Trinajstić information content (AvgIpc) is 1.96. The third-order valence-corrected chi connectivity index (χ3v) is 1.44. The van der Waals surface area contributed by atoms with Crippen LogP contribution in [0.3, 0.4) is 0 Å². The van der Waals surface area contributed by atoms with Gasteiger partial charge in [0.1, 0.15) is 0 Å². The van der Waals surface area contributed by atoms with E-state index in [4.69, 9.17) is 0 Å². The van der Waals surface area contributed by atoms with Crippen molar-refractivity contribution in [1.82, 2.24) is 5.32 Å². The van der Waals surface area contributed by atoms with Gasteiger partial charge in [-0.15, -0.1) is 0 Å². The van der Waals surface area contributed by atoms with Crippen molar-refractivity contribution in [2.75, 3.05) is 0 Å². The van der Waals surface area contributed by atoms with Crippen LogP contribution in [0.25, 0.3) is 0 Å². The number of amides is 1. The fraction of sp³-hybridized carbons (Fsp3) is 0.714. The van der Waals surface area contributed by atoms with Gasteiger partial charge in [0.2, 0.25) is 0 Å². The van der Waals surface area contributed by atoms with E-state index in [1.807, 2.05) is 0 Å². The molecule has 6 heteroatoms. The van der Waals surface area contributed by atoms with E-state index in [9.17, 15) is 22.8 Å². The number of hydrogen-bond acceptors (Lipinski definition) is 2. The summed E-state index contributed by atoms with van der Waals surface area (Å²) in [6, 6.07) is -1.54. The molecule has 0 aliphatic heterocycles. The normalized spacial score (nSPS) is 14.0. The molecule has 0 saturated heterocycles. The van der Waals surface area contributed by atoms with Crippen LogP contribution in [0.2, 0.25) is 0 Å². The molecule has 75 valence electrons. The molecule has 0 aromatic carbocycles. The Bertz CT molecular complexity index is 200. The Labute approximate surface area is 73.3 Å². The second-order valence-corrected chi connectivity index (χ2v) is 2.83. The molecule has 3 nitrogen and oxygen atoms in total. The maximum atomic E-state index is 11.9. The van der Waals surface area contributed by atoms with Crippen molar-refractivity contribution < 1.29 is 22.8 Å². The SMILES string of the molecule is CC(C)C(N[C]=O)C(=O)C(F)(F)F. The van der Waals surface area contributed by atoms with Gasteiger partial charge in [0.05, 0.1) is 6.04 Å². The molecule has 1 unspecified atom stereocenters. The Morgan fingerprint density at radius 1 is 1.38 bits per heavy atom. The van der Waals surface area contributed by atoms with Crippen LogP contribution >= 0.6 is 0 Å². The van der Waals surface area contributed by atoms with E-state index in [1.54, 1.807) is 5.32 Å². The summed E-state index contributed by atoms with van der Waals surface area (Å²) in [4.78, 5) is 20.4. The molecule has 1 atom stereocenters. The Hall–Kier alpha value is -1.07. The second-order valence-electron chi connectivity index (χ2n) is 2.83. The number of Topliss-reactive ketones (excluding diaryl/α,β-unsaturated/α-hetero) is 1. The molecule has 0 saturated carbocycles. The van der Waals surface area contributed by atoms with Gasteiger partial charge in [-0.3, -0.25) is 9.59 Å². The molecule has 0 aromatic heterocycles. The van der Waals surface area contributed by atoms with E-state index in [1.165, 1.54) is 13.8 Å². The van der Waals surface area contributed by atoms with Gasteiger partial charge in [-0.25, -0.2) is 0 Å². The number of carbonyl (C=O) groups excluding carboxylic acids is 2. The number of rotatable bonds is 4. The molecular formula is C7H9F3NO2. The lowest BCUT2D eigenvalue weighted by atomic mass is 10.00. The third kappa shape index (κ3) is 3.43. The van der Waals surface area contributed by atoms with Crippen LogP contribution in [-0.4, -0.2) is 24.4 Å². The summed E-state index contributed by atoms with van der Waals surface area (Å²) in [6.45, 7) is 2.80. The topological polar surface area (TPSA) is 46.2 Å². The smallest absolute Gasteiger partial charge is 0.337 e. The van der Waals surface area contributed by atoms with E-state index in [0.29, 0.717) is 0 Å². The lowest BCUT2D eigenvalue weighted by Crippen LogP contribution is -2.46. The minimum absolute atomic E-state index is 0.615. The van der Waals surface area contributed by atoms with E-state index in [-0.39, 0.29) is 0 Å². The minimum Gasteiger partial charge on any atom is -0.337 e. The first-order chi connectivity index (χ1) is 5.80. The van der Waals surface area contributed by atoms with Gasteiger partial charge in [-0.2, -0.15) is 13.2 Å². The molecule has 0 fully saturated rings. The molecule has 0 rings (SSSR count). The molecule has 0 aromatic rings. The van der Waals surface area contributed by atoms with Gasteiger partial charge in [0, 0.05) is 0 Å². The van der Waals surface area contributed by atoms with Crippen molar-refractivity contribution >= 4 is 12.2 Å². The molecule has 1 amide bonds. The molecule has 0 aliphatic carbocycles. The first-order valence-corrected chi connectivity index (χ1v) is 3.54. The van der Waals surface area contributed by atoms with E-state index in [0.717, 1.165) is 6.41 Å². The predicted octanol–water partition coefficient (Wildman–Crippen LogP) is 0.799. The van der Waals surface area contributed by atoms with Gasteiger partial charge < -0.3 is 5.32 Å². The molecule has 0 bridgehead atoms. The number of ketones is 1. The molecule has 0 aliphatic rings. The van der Waals surface area contributed by atoms with Gasteiger partial charge in [-0.1, -0.05) is 13.8 Å². The van der Waals surface area contributed by atoms with Gasteiger partial charge in [0.25, 0.3) is 5.78 Å². The fourth-order valence-corrected chi connectivity index (χ4v) is 0.775. The number of nitrogens with one attached hydrogen (secondary N) is 1. The number of alkyl halides is 3. The first-order valence-electron chi connectivity index (χ1n) is 3.54. The van der Waals surface area contributed by atoms with Crippen LogP contribution in [0, 0.1) is 5.92 Å². The molecule has 13 heavy (non-hydrogen) atoms. The molecule has 1 N–H and O–H groups in total. The Morgan fingerprint density at radius 2 is 1.85 bits per heavy atom. The monoisotopic (exact) mass is 196 g/mol. The van der Waals surface area contributed by atoms with Crippen LogP contribution < -0.4 is 5.32 Å². The van der Waals surface area contributed by atoms with Crippen molar-refractivity contribution in [1.29, 1.82) is 0 Å². The van der Waals surface area contributed by atoms with Crippen LogP contribution in [0.4, 0.5) is 13.2 Å². The van der Waals surface area contributed by atoms with E-state index < -0.39 is 23.9 Å². The number of halogens is 3. The highest BCUT2D eigenvalue weighted by atomic mass is 19.4. The van der Waals surface area contributed by atoms with E-state index >= 15 is 0 Å². The quantitative estimate of drug-likeness (QED) is 0.676. The van der Waals surface area contributed by atoms with Crippen molar-refractivity contribution in [3.05, 3.63) is 0 Å². The zero-order valence-electron chi connectivity index (χ0n) is 7.11. The van der Waals surface area contributed by atoms with Crippen molar-refractivity contribution in [3.63, 3.8) is 0 Å². The molecule has 1 radical (unpaired) electrons. The highest BCUT2D eigenvalue weighted by Crippen LogP contribution is 2.20. The zero-order chi connectivity index (χ0) is 10.6. The standard InChI is InChI=1S/C7H9F3NO2/c1-4(2)5(11-3-12)6(13)7(8,9)10/h4-5H,1-2H3,(H,11,12). The van der Waals surface area contributed by atoms with Gasteiger partial charge >= 0.3 is 12.6 Å². The van der Waals surface area contributed by atoms with Crippen LogP contribution in [0.5, 0.6) is 0 Å². The molecular weight excluding hydrogens is 187 g/mol. The lowest BCUT2D eigenvalue weighted by Gasteiger charge is -2.19. The lowest BCUT2D eigenvalue weighted by molar-refractivity contribution is -0.174. The van der Waals surface area contributed by atoms with E-state index in [2.05, 4.69) is 0 Å². The van der Waals surface area contributed by atoms with Crippen molar-refractivity contribution in [2.24, 2.45) is 5.92 Å². The molecule has 0 heterocycles. The largest absolute Gasteiger partial charge is 0.452 e. The fourth-order valence-electron chi connectivity index (χ4n) is 0.775. The second kappa shape index (κ2) is 4.25. The van der Waals surface area contributed by atoms with Crippen LogP contribution in [0.1, 0.15) is 13.8 Å². The Balaban J connectivity index is 4.56. The average molecular weight is 196 g/mol. The van der Waals surface area contributed by atoms with Gasteiger partial charge in [-0.05, 0) is 5.92 Å². The number of carbonyl (C=O) groups is 1. The van der Waals surface area contributed by atoms with Gasteiger partial charge in [0.15, 0.2) is 0 Å². The summed E-state index contributed by atoms with van der Waals surface area (Å²) in [5.74, 6) is -2.57. The Kier molecular flexibility index (Phi) is 3.90. The summed E-state index contributed by atoms with van der Waals surface area (Å²) in [7, 11) is 0. The van der Waals surface area contributed by atoms with Crippen molar-refractivity contribution in [2.45, 2.75) is 26.1 Å².